The Bertz CT molecular complexity index is 801. The van der Waals surface area contributed by atoms with Gasteiger partial charge in [0.05, 0.1) is 17.2 Å². The van der Waals surface area contributed by atoms with E-state index in [0.717, 1.165) is 0 Å². The van der Waals surface area contributed by atoms with Crippen LogP contribution in [0.4, 0.5) is 8.78 Å². The van der Waals surface area contributed by atoms with E-state index in [-0.39, 0.29) is 41.8 Å². The first-order valence-electron chi connectivity index (χ1n) is 9.04. The van der Waals surface area contributed by atoms with Crippen molar-refractivity contribution in [1.29, 1.82) is 0 Å². The lowest BCUT2D eigenvalue weighted by molar-refractivity contribution is -0.126. The third kappa shape index (κ3) is 6.15. The van der Waals surface area contributed by atoms with E-state index in [1.165, 1.54) is 30.0 Å². The molecule has 2 rings (SSSR count). The smallest absolute Gasteiger partial charge is 0.387 e. The molecule has 7 nitrogen and oxygen atoms in total. The number of likely N-dealkylation sites (tertiary alicyclic amines) is 1. The quantitative estimate of drug-likeness (QED) is 0.694. The van der Waals surface area contributed by atoms with E-state index in [1.807, 2.05) is 0 Å². The number of alkyl halides is 2. The molecule has 2 amide bonds. The van der Waals surface area contributed by atoms with Crippen LogP contribution in [0.15, 0.2) is 24.3 Å². The molecule has 1 saturated heterocycles. The van der Waals surface area contributed by atoms with Crippen LogP contribution in [0.25, 0.3) is 0 Å². The number of nitrogens with one attached hydrogen (secondary N) is 1. The van der Waals surface area contributed by atoms with E-state index in [1.54, 1.807) is 6.07 Å². The summed E-state index contributed by atoms with van der Waals surface area (Å²) in [4.78, 5) is 26.5. The molecule has 1 aliphatic rings. The number of halogens is 2. The maximum atomic E-state index is 12.7. The molecule has 1 heterocycles. The number of hydrogen-bond donors (Lipinski definition) is 1. The Morgan fingerprint density at radius 2 is 2.04 bits per heavy atom. The molecule has 0 aliphatic carbocycles. The fourth-order valence-corrected chi connectivity index (χ4v) is 3.71. The van der Waals surface area contributed by atoms with Gasteiger partial charge in [-0.3, -0.25) is 9.59 Å². The van der Waals surface area contributed by atoms with Gasteiger partial charge in [-0.1, -0.05) is 19.1 Å². The Morgan fingerprint density at radius 3 is 2.71 bits per heavy atom. The molecule has 0 spiro atoms. The molecule has 1 atom stereocenters. The van der Waals surface area contributed by atoms with E-state index >= 15 is 0 Å². The summed E-state index contributed by atoms with van der Waals surface area (Å²) >= 11 is 0. The molecule has 0 radical (unpaired) electrons. The fraction of sp³-hybridized carbons (Fsp3) is 0.556. The molecule has 1 aliphatic heterocycles. The van der Waals surface area contributed by atoms with Crippen LogP contribution in [0.2, 0.25) is 0 Å². The molecular formula is C18H24F2N2O5S. The number of amides is 2. The van der Waals surface area contributed by atoms with Crippen LogP contribution in [-0.4, -0.2) is 62.9 Å². The first-order valence-corrected chi connectivity index (χ1v) is 10.9. The average molecular weight is 418 g/mol. The number of ether oxygens (including phenoxy) is 1. The number of sulfone groups is 1. The number of hydrogen-bond acceptors (Lipinski definition) is 5. The molecule has 1 N–H and O–H groups in total. The molecule has 0 saturated carbocycles. The lowest BCUT2D eigenvalue weighted by Gasteiger charge is -2.32. The summed E-state index contributed by atoms with van der Waals surface area (Å²) in [5, 5.41) is 2.60. The summed E-state index contributed by atoms with van der Waals surface area (Å²) in [6, 6.07) is 5.74. The zero-order valence-corrected chi connectivity index (χ0v) is 16.4. The number of nitrogens with zero attached hydrogens (tertiary/aromatic N) is 1. The van der Waals surface area contributed by atoms with Crippen LogP contribution in [0.3, 0.4) is 0 Å². The largest absolute Gasteiger partial charge is 0.434 e. The third-order valence-electron chi connectivity index (χ3n) is 4.57. The van der Waals surface area contributed by atoms with E-state index in [9.17, 15) is 26.8 Å². The summed E-state index contributed by atoms with van der Waals surface area (Å²) in [5.41, 5.74) is 0.0119. The molecule has 156 valence electrons. The zero-order chi connectivity index (χ0) is 20.7. The van der Waals surface area contributed by atoms with Crippen LogP contribution < -0.4 is 10.1 Å². The summed E-state index contributed by atoms with van der Waals surface area (Å²) in [5.74, 6) is -1.62. The van der Waals surface area contributed by atoms with Crippen molar-refractivity contribution in [3.05, 3.63) is 29.8 Å². The highest BCUT2D eigenvalue weighted by Gasteiger charge is 2.30. The maximum Gasteiger partial charge on any atom is 0.387 e. The minimum absolute atomic E-state index is 0.00861. The molecule has 28 heavy (non-hydrogen) atoms. The SMILES string of the molecule is CCS(=O)(=O)CCNC(=O)C1CCCN(C(=O)c2ccccc2OC(F)F)C1. The third-order valence-corrected chi connectivity index (χ3v) is 6.27. The van der Waals surface area contributed by atoms with Gasteiger partial charge in [-0.25, -0.2) is 8.42 Å². The van der Waals surface area contributed by atoms with Gasteiger partial charge in [0.1, 0.15) is 5.75 Å². The van der Waals surface area contributed by atoms with Crippen molar-refractivity contribution in [3.8, 4) is 5.75 Å². The average Bonchev–Trinajstić information content (AvgIpc) is 2.67. The maximum absolute atomic E-state index is 12.7. The van der Waals surface area contributed by atoms with Crippen molar-refractivity contribution in [2.75, 3.05) is 31.1 Å². The van der Waals surface area contributed by atoms with Crippen molar-refractivity contribution in [2.24, 2.45) is 5.92 Å². The number of carbonyl (C=O) groups is 2. The van der Waals surface area contributed by atoms with Crippen LogP contribution in [0.1, 0.15) is 30.1 Å². The van der Waals surface area contributed by atoms with Crippen LogP contribution in [0, 0.1) is 5.92 Å². The summed E-state index contributed by atoms with van der Waals surface area (Å²) < 4.78 is 52.5. The number of carbonyl (C=O) groups excluding carboxylic acids is 2. The Hall–Kier alpha value is -2.23. The molecule has 0 bridgehead atoms. The van der Waals surface area contributed by atoms with Gasteiger partial charge in [0.25, 0.3) is 5.91 Å². The highest BCUT2D eigenvalue weighted by Crippen LogP contribution is 2.25. The van der Waals surface area contributed by atoms with Crippen molar-refractivity contribution >= 4 is 21.7 Å². The summed E-state index contributed by atoms with van der Waals surface area (Å²) in [6.07, 6.45) is 1.14. The second kappa shape index (κ2) is 9.81. The Balaban J connectivity index is 1.99. The molecule has 1 unspecified atom stereocenters. The first-order chi connectivity index (χ1) is 13.2. The minimum atomic E-state index is -3.18. The van der Waals surface area contributed by atoms with Gasteiger partial charge in [-0.05, 0) is 25.0 Å². The lowest BCUT2D eigenvalue weighted by atomic mass is 9.96. The predicted octanol–water partition coefficient (Wildman–Crippen LogP) is 1.69. The second-order valence-electron chi connectivity index (χ2n) is 6.49. The molecule has 0 aromatic heterocycles. The number of para-hydroxylation sites is 1. The number of rotatable bonds is 8. The standard InChI is InChI=1S/C18H24F2N2O5S/c1-2-28(25,26)11-9-21-16(23)13-6-5-10-22(12-13)17(24)14-7-3-4-8-15(14)27-18(19)20/h3-4,7-8,13,18H,2,5-6,9-12H2,1H3,(H,21,23). The van der Waals surface area contributed by atoms with Crippen molar-refractivity contribution < 1.29 is 31.5 Å². The van der Waals surface area contributed by atoms with Gasteiger partial charge in [0.2, 0.25) is 5.91 Å². The highest BCUT2D eigenvalue weighted by molar-refractivity contribution is 7.91. The van der Waals surface area contributed by atoms with Gasteiger partial charge in [-0.2, -0.15) is 8.78 Å². The zero-order valence-electron chi connectivity index (χ0n) is 15.6. The first kappa shape index (κ1) is 22.1. The molecule has 1 fully saturated rings. The molecule has 1 aromatic carbocycles. The molecule has 10 heteroatoms. The van der Waals surface area contributed by atoms with E-state index < -0.39 is 28.3 Å². The monoisotopic (exact) mass is 418 g/mol. The Labute approximate surface area is 163 Å². The second-order valence-corrected chi connectivity index (χ2v) is 8.97. The van der Waals surface area contributed by atoms with Crippen LogP contribution >= 0.6 is 0 Å². The predicted molar refractivity (Wildman–Crippen MR) is 99.0 cm³/mol. The van der Waals surface area contributed by atoms with E-state index in [2.05, 4.69) is 10.1 Å². The molecule has 1 aromatic rings. The van der Waals surface area contributed by atoms with Gasteiger partial charge < -0.3 is 15.0 Å². The number of benzene rings is 1. The topological polar surface area (TPSA) is 92.8 Å². The van der Waals surface area contributed by atoms with Gasteiger partial charge >= 0.3 is 6.61 Å². The van der Waals surface area contributed by atoms with Crippen molar-refractivity contribution in [1.82, 2.24) is 10.2 Å². The summed E-state index contributed by atoms with van der Waals surface area (Å²) in [6.45, 7) is -0.959. The Kier molecular flexibility index (Phi) is 7.73. The van der Waals surface area contributed by atoms with Crippen LogP contribution in [-0.2, 0) is 14.6 Å². The highest BCUT2D eigenvalue weighted by atomic mass is 32.2. The number of piperidine rings is 1. The van der Waals surface area contributed by atoms with Gasteiger partial charge in [0, 0.05) is 25.4 Å². The van der Waals surface area contributed by atoms with E-state index in [0.29, 0.717) is 19.4 Å². The van der Waals surface area contributed by atoms with Gasteiger partial charge in [-0.15, -0.1) is 0 Å². The normalized spacial score (nSPS) is 17.4. The van der Waals surface area contributed by atoms with E-state index in [4.69, 9.17) is 0 Å². The van der Waals surface area contributed by atoms with Gasteiger partial charge in [0.15, 0.2) is 9.84 Å². The van der Waals surface area contributed by atoms with Crippen LogP contribution in [0.5, 0.6) is 5.75 Å². The lowest BCUT2D eigenvalue weighted by Crippen LogP contribution is -2.46. The van der Waals surface area contributed by atoms with Crippen molar-refractivity contribution in [3.63, 3.8) is 0 Å². The fourth-order valence-electron chi connectivity index (χ4n) is 3.01. The Morgan fingerprint density at radius 1 is 1.32 bits per heavy atom. The summed E-state index contributed by atoms with van der Waals surface area (Å²) in [7, 11) is -3.18. The minimum Gasteiger partial charge on any atom is -0.434 e. The molecular weight excluding hydrogens is 394 g/mol. The van der Waals surface area contributed by atoms with Crippen molar-refractivity contribution in [2.45, 2.75) is 26.4 Å².